The molecular weight excluding hydrogens is 456 g/mol. The van der Waals surface area contributed by atoms with Crippen LogP contribution in [0.15, 0.2) is 0 Å². The van der Waals surface area contributed by atoms with Crippen LogP contribution in [-0.4, -0.2) is 156 Å². The van der Waals surface area contributed by atoms with Crippen molar-refractivity contribution in [2.24, 2.45) is 0 Å². The van der Waals surface area contributed by atoms with Crippen LogP contribution in [0.4, 0.5) is 0 Å². The molecule has 15 heteroatoms. The van der Waals surface area contributed by atoms with Crippen LogP contribution in [0, 0.1) is 0 Å². The summed E-state index contributed by atoms with van der Waals surface area (Å²) in [6.07, 6.45) is -24.2. The van der Waals surface area contributed by atoms with Gasteiger partial charge in [0.05, 0.1) is 19.3 Å². The van der Waals surface area contributed by atoms with E-state index in [1.165, 1.54) is 6.92 Å². The Kier molecular flexibility index (Phi) is 8.99. The third kappa shape index (κ3) is 5.32. The summed E-state index contributed by atoms with van der Waals surface area (Å²) in [6.45, 7) is -0.114. The van der Waals surface area contributed by atoms with E-state index in [0.717, 1.165) is 0 Å². The van der Waals surface area contributed by atoms with Gasteiger partial charge in [0.15, 0.2) is 18.9 Å². The maximum Gasteiger partial charge on any atom is 0.187 e. The Bertz CT molecular complexity index is 610. The third-order valence-corrected chi connectivity index (χ3v) is 6.06. The molecule has 0 bridgehead atoms. The average Bonchev–Trinajstić information content (AvgIpc) is 2.79. The summed E-state index contributed by atoms with van der Waals surface area (Å²) >= 11 is 0. The lowest BCUT2D eigenvalue weighted by Gasteiger charge is -2.48. The number of ether oxygens (including phenoxy) is 5. The van der Waals surface area contributed by atoms with E-state index in [1.807, 2.05) is 0 Å². The van der Waals surface area contributed by atoms with Crippen molar-refractivity contribution in [3.8, 4) is 0 Å². The van der Waals surface area contributed by atoms with Gasteiger partial charge in [-0.15, -0.1) is 0 Å². The first kappa shape index (κ1) is 27.0. The Balaban J connectivity index is 1.83. The minimum Gasteiger partial charge on any atom is -0.394 e. The lowest BCUT2D eigenvalue weighted by atomic mass is 9.96. The van der Waals surface area contributed by atoms with E-state index in [4.69, 9.17) is 23.7 Å². The predicted octanol–water partition coefficient (Wildman–Crippen LogP) is -6.55. The third-order valence-electron chi connectivity index (χ3n) is 6.06. The van der Waals surface area contributed by atoms with Gasteiger partial charge in [0.1, 0.15) is 67.1 Å². The first-order valence-electron chi connectivity index (χ1n) is 10.4. The van der Waals surface area contributed by atoms with Gasteiger partial charge in [-0.2, -0.15) is 0 Å². The zero-order valence-electron chi connectivity index (χ0n) is 17.6. The van der Waals surface area contributed by atoms with Gasteiger partial charge in [-0.3, -0.25) is 0 Å². The molecule has 0 unspecified atom stereocenters. The van der Waals surface area contributed by atoms with Gasteiger partial charge in [-0.05, 0) is 6.92 Å². The van der Waals surface area contributed by atoms with Crippen molar-refractivity contribution >= 4 is 0 Å². The highest BCUT2D eigenvalue weighted by Crippen LogP contribution is 2.32. The van der Waals surface area contributed by atoms with Gasteiger partial charge >= 0.3 is 0 Å². The highest BCUT2D eigenvalue weighted by atomic mass is 16.8. The van der Waals surface area contributed by atoms with E-state index in [9.17, 15) is 51.1 Å². The number of hydrogen-bond acceptors (Lipinski definition) is 15. The highest BCUT2D eigenvalue weighted by Gasteiger charge is 2.53. The molecular formula is C18H32O15. The molecule has 0 amide bonds. The minimum absolute atomic E-state index is 0.750. The van der Waals surface area contributed by atoms with Crippen LogP contribution in [-0.2, 0) is 23.7 Å². The van der Waals surface area contributed by atoms with Crippen molar-refractivity contribution in [3.05, 3.63) is 0 Å². The Hall–Kier alpha value is -0.600. The van der Waals surface area contributed by atoms with Gasteiger partial charge in [-0.25, -0.2) is 0 Å². The zero-order chi connectivity index (χ0) is 24.6. The maximum absolute atomic E-state index is 10.6. The van der Waals surface area contributed by atoms with Crippen molar-refractivity contribution in [2.75, 3.05) is 13.2 Å². The summed E-state index contributed by atoms with van der Waals surface area (Å²) in [7, 11) is 0. The van der Waals surface area contributed by atoms with E-state index < -0.39 is 105 Å². The molecule has 0 spiro atoms. The molecule has 0 saturated carbocycles. The SMILES string of the molecule is C[C@H]1O[C@@H](O)[C@H](O)[C@@H](O[C@@H]2O[C@H](CO)[C@@H](O)[C@H](O)[C@H]2O[C@@H]2O[C@H](CO)[C@@H](O)[C@H](O)[C@H]2O)[C@H]1O. The van der Waals surface area contributed by atoms with Crippen molar-refractivity contribution < 1.29 is 74.7 Å². The molecule has 15 atom stereocenters. The van der Waals surface area contributed by atoms with E-state index in [-0.39, 0.29) is 0 Å². The molecule has 3 saturated heterocycles. The fourth-order valence-electron chi connectivity index (χ4n) is 3.97. The average molecular weight is 488 g/mol. The molecule has 10 N–H and O–H groups in total. The molecule has 0 radical (unpaired) electrons. The summed E-state index contributed by atoms with van der Waals surface area (Å²) in [5.41, 5.74) is 0. The quantitative estimate of drug-likeness (QED) is 0.167. The molecule has 33 heavy (non-hydrogen) atoms. The van der Waals surface area contributed by atoms with Gasteiger partial charge in [0.25, 0.3) is 0 Å². The second-order valence-corrected chi connectivity index (χ2v) is 8.32. The fraction of sp³-hybridized carbons (Fsp3) is 1.00. The second-order valence-electron chi connectivity index (χ2n) is 8.32. The summed E-state index contributed by atoms with van der Waals surface area (Å²) in [5, 5.41) is 100. The first-order valence-corrected chi connectivity index (χ1v) is 10.4. The van der Waals surface area contributed by atoms with Crippen LogP contribution < -0.4 is 0 Å². The maximum atomic E-state index is 10.6. The largest absolute Gasteiger partial charge is 0.394 e. The summed E-state index contributed by atoms with van der Waals surface area (Å²) in [6, 6.07) is 0. The molecule has 194 valence electrons. The topological polar surface area (TPSA) is 248 Å². The zero-order valence-corrected chi connectivity index (χ0v) is 17.6. The van der Waals surface area contributed by atoms with Gasteiger partial charge in [-0.1, -0.05) is 0 Å². The van der Waals surface area contributed by atoms with Crippen LogP contribution >= 0.6 is 0 Å². The minimum atomic E-state index is -1.86. The molecule has 15 nitrogen and oxygen atoms in total. The molecule has 0 aliphatic carbocycles. The van der Waals surface area contributed by atoms with Crippen LogP contribution in [0.1, 0.15) is 6.92 Å². The van der Waals surface area contributed by atoms with Crippen LogP contribution in [0.25, 0.3) is 0 Å². The van der Waals surface area contributed by atoms with E-state index >= 15 is 0 Å². The van der Waals surface area contributed by atoms with E-state index in [2.05, 4.69) is 0 Å². The fourth-order valence-corrected chi connectivity index (χ4v) is 3.97. The van der Waals surface area contributed by atoms with Crippen molar-refractivity contribution in [1.82, 2.24) is 0 Å². The highest BCUT2D eigenvalue weighted by molar-refractivity contribution is 4.95. The molecule has 3 fully saturated rings. The summed E-state index contributed by atoms with van der Waals surface area (Å²) in [4.78, 5) is 0. The molecule has 3 aliphatic rings. The number of aliphatic hydroxyl groups excluding tert-OH is 10. The molecule has 0 aromatic carbocycles. The smallest absolute Gasteiger partial charge is 0.187 e. The number of aliphatic hydroxyl groups is 10. The molecule has 3 heterocycles. The van der Waals surface area contributed by atoms with Crippen LogP contribution in [0.5, 0.6) is 0 Å². The Labute approximate surface area is 187 Å². The monoisotopic (exact) mass is 488 g/mol. The lowest BCUT2D eigenvalue weighted by molar-refractivity contribution is -0.386. The van der Waals surface area contributed by atoms with Crippen molar-refractivity contribution in [1.29, 1.82) is 0 Å². The van der Waals surface area contributed by atoms with Crippen molar-refractivity contribution in [3.63, 3.8) is 0 Å². The van der Waals surface area contributed by atoms with E-state index in [1.54, 1.807) is 0 Å². The summed E-state index contributed by atoms with van der Waals surface area (Å²) < 4.78 is 26.7. The predicted molar refractivity (Wildman–Crippen MR) is 99.8 cm³/mol. The van der Waals surface area contributed by atoms with Gasteiger partial charge < -0.3 is 74.7 Å². The normalized spacial score (nSPS) is 53.7. The number of hydrogen-bond donors (Lipinski definition) is 10. The van der Waals surface area contributed by atoms with Crippen LogP contribution in [0.2, 0.25) is 0 Å². The second kappa shape index (κ2) is 11.0. The van der Waals surface area contributed by atoms with Gasteiger partial charge in [0, 0.05) is 0 Å². The lowest BCUT2D eigenvalue weighted by Crippen LogP contribution is -2.66. The van der Waals surface area contributed by atoms with E-state index in [0.29, 0.717) is 0 Å². The Morgan fingerprint density at radius 2 is 1.06 bits per heavy atom. The molecule has 3 aliphatic heterocycles. The summed E-state index contributed by atoms with van der Waals surface area (Å²) in [5.74, 6) is 0. The first-order chi connectivity index (χ1) is 15.5. The standard InChI is InChI=1S/C18H32O15/c1-4-7(21)14(13(27)16(28)29-4)32-18-15(11(25)9(23)6(3-20)31-18)33-17-12(26)10(24)8(22)5(2-19)30-17/h4-28H,2-3H2,1H3/t4-,5-,6-,7+,8-,9-,10+,11+,12-,13-,14+,15-,16-,17+,18+/m1/s1. The number of rotatable bonds is 6. The molecule has 3 rings (SSSR count). The Morgan fingerprint density at radius 3 is 1.64 bits per heavy atom. The van der Waals surface area contributed by atoms with Crippen molar-refractivity contribution in [2.45, 2.75) is 99.0 Å². The Morgan fingerprint density at radius 1 is 0.545 bits per heavy atom. The van der Waals surface area contributed by atoms with Crippen LogP contribution in [0.3, 0.4) is 0 Å². The molecule has 0 aromatic heterocycles. The molecule has 0 aromatic rings. The van der Waals surface area contributed by atoms with Gasteiger partial charge in [0.2, 0.25) is 0 Å².